The predicted octanol–water partition coefficient (Wildman–Crippen LogP) is 4.12. The van der Waals surface area contributed by atoms with Crippen molar-refractivity contribution < 1.29 is 4.79 Å². The van der Waals surface area contributed by atoms with Crippen LogP contribution < -0.4 is 11.1 Å². The van der Waals surface area contributed by atoms with Gasteiger partial charge in [0, 0.05) is 27.3 Å². The number of halogens is 2. The molecule has 20 heavy (non-hydrogen) atoms. The summed E-state index contributed by atoms with van der Waals surface area (Å²) in [5, 5.41) is 4.02. The monoisotopic (exact) mass is 352 g/mol. The summed E-state index contributed by atoms with van der Waals surface area (Å²) in [5.41, 5.74) is 8.76. The number of aryl methyl sites for hydroxylation is 1. The van der Waals surface area contributed by atoms with Gasteiger partial charge in [-0.15, -0.1) is 0 Å². The van der Waals surface area contributed by atoms with E-state index < -0.39 is 5.91 Å². The zero-order chi connectivity index (χ0) is 14.7. The molecule has 0 spiro atoms. The minimum absolute atomic E-state index is 0.419. The van der Waals surface area contributed by atoms with Crippen LogP contribution in [0.4, 0.5) is 5.69 Å². The van der Waals surface area contributed by atoms with Crippen molar-refractivity contribution in [3.8, 4) is 0 Å². The molecule has 104 valence electrons. The van der Waals surface area contributed by atoms with Gasteiger partial charge in [-0.25, -0.2) is 0 Å². The van der Waals surface area contributed by atoms with E-state index in [1.807, 2.05) is 31.2 Å². The third-order valence-corrected chi connectivity index (χ3v) is 4.00. The Kier molecular flexibility index (Phi) is 4.68. The summed E-state index contributed by atoms with van der Waals surface area (Å²) in [7, 11) is 0. The highest BCUT2D eigenvalue weighted by atomic mass is 79.9. The maximum atomic E-state index is 11.1. The van der Waals surface area contributed by atoms with Gasteiger partial charge in [0.25, 0.3) is 0 Å². The van der Waals surface area contributed by atoms with Crippen molar-refractivity contribution in [2.75, 3.05) is 5.32 Å². The molecule has 2 aromatic rings. The summed E-state index contributed by atoms with van der Waals surface area (Å²) in [6.07, 6.45) is 0. The first-order valence-electron chi connectivity index (χ1n) is 6.05. The standard InChI is InChI=1S/C15H14BrClN2O/c1-9-6-10(15(18)20)2-5-14(9)19-8-11-7-12(17)3-4-13(11)16/h2-7,19H,8H2,1H3,(H2,18,20). The summed E-state index contributed by atoms with van der Waals surface area (Å²) in [6.45, 7) is 2.57. The number of nitrogens with one attached hydrogen (secondary N) is 1. The van der Waals surface area contributed by atoms with Crippen LogP contribution in [-0.2, 0) is 6.54 Å². The van der Waals surface area contributed by atoms with Crippen LogP contribution in [0.2, 0.25) is 5.02 Å². The molecule has 2 aromatic carbocycles. The molecule has 0 radical (unpaired) electrons. The SMILES string of the molecule is Cc1cc(C(N)=O)ccc1NCc1cc(Cl)ccc1Br. The zero-order valence-corrected chi connectivity index (χ0v) is 13.3. The van der Waals surface area contributed by atoms with Crippen molar-refractivity contribution in [1.82, 2.24) is 0 Å². The van der Waals surface area contributed by atoms with Gasteiger partial charge in [0.1, 0.15) is 0 Å². The number of rotatable bonds is 4. The van der Waals surface area contributed by atoms with E-state index in [0.29, 0.717) is 17.1 Å². The molecule has 0 heterocycles. The van der Waals surface area contributed by atoms with E-state index in [-0.39, 0.29) is 0 Å². The first kappa shape index (κ1) is 14.9. The van der Waals surface area contributed by atoms with Crippen LogP contribution in [0.25, 0.3) is 0 Å². The topological polar surface area (TPSA) is 55.1 Å². The van der Waals surface area contributed by atoms with Crippen molar-refractivity contribution in [3.63, 3.8) is 0 Å². The molecular weight excluding hydrogens is 340 g/mol. The van der Waals surface area contributed by atoms with E-state index >= 15 is 0 Å². The number of anilines is 1. The Balaban J connectivity index is 2.15. The van der Waals surface area contributed by atoms with Gasteiger partial charge < -0.3 is 11.1 Å². The van der Waals surface area contributed by atoms with Crippen molar-refractivity contribution >= 4 is 39.1 Å². The van der Waals surface area contributed by atoms with E-state index in [2.05, 4.69) is 21.2 Å². The van der Waals surface area contributed by atoms with Crippen LogP contribution in [0.1, 0.15) is 21.5 Å². The van der Waals surface area contributed by atoms with Gasteiger partial charge in [0.15, 0.2) is 0 Å². The number of carbonyl (C=O) groups is 1. The van der Waals surface area contributed by atoms with Gasteiger partial charge in [0.05, 0.1) is 0 Å². The van der Waals surface area contributed by atoms with Crippen molar-refractivity contribution in [2.45, 2.75) is 13.5 Å². The lowest BCUT2D eigenvalue weighted by atomic mass is 10.1. The Morgan fingerprint density at radius 2 is 2.05 bits per heavy atom. The lowest BCUT2D eigenvalue weighted by molar-refractivity contribution is 0.1000. The molecule has 0 unspecified atom stereocenters. The quantitative estimate of drug-likeness (QED) is 0.868. The molecular formula is C15H14BrClN2O. The van der Waals surface area contributed by atoms with Crippen molar-refractivity contribution in [1.29, 1.82) is 0 Å². The van der Waals surface area contributed by atoms with Crippen LogP contribution in [0.3, 0.4) is 0 Å². The van der Waals surface area contributed by atoms with Crippen LogP contribution >= 0.6 is 27.5 Å². The number of nitrogens with two attached hydrogens (primary N) is 1. The maximum absolute atomic E-state index is 11.1. The fraction of sp³-hybridized carbons (Fsp3) is 0.133. The van der Waals surface area contributed by atoms with Crippen LogP contribution in [0, 0.1) is 6.92 Å². The van der Waals surface area contributed by atoms with Gasteiger partial charge in [-0.2, -0.15) is 0 Å². The summed E-state index contributed by atoms with van der Waals surface area (Å²) in [4.78, 5) is 11.1. The average Bonchev–Trinajstić information content (AvgIpc) is 2.40. The van der Waals surface area contributed by atoms with Gasteiger partial charge in [-0.1, -0.05) is 27.5 Å². The van der Waals surface area contributed by atoms with Gasteiger partial charge in [-0.3, -0.25) is 4.79 Å². The molecule has 0 saturated heterocycles. The lowest BCUT2D eigenvalue weighted by Gasteiger charge is -2.12. The molecule has 0 aliphatic heterocycles. The number of primary amides is 1. The Bertz CT molecular complexity index is 658. The number of benzene rings is 2. The lowest BCUT2D eigenvalue weighted by Crippen LogP contribution is -2.11. The Labute approximate surface area is 131 Å². The smallest absolute Gasteiger partial charge is 0.248 e. The minimum Gasteiger partial charge on any atom is -0.381 e. The average molecular weight is 354 g/mol. The summed E-state index contributed by atoms with van der Waals surface area (Å²) in [5.74, 6) is -0.419. The first-order valence-corrected chi connectivity index (χ1v) is 7.22. The molecule has 5 heteroatoms. The van der Waals surface area contributed by atoms with Crippen molar-refractivity contribution in [3.05, 3.63) is 62.6 Å². The number of carbonyl (C=O) groups excluding carboxylic acids is 1. The molecule has 3 N–H and O–H groups in total. The molecule has 0 bridgehead atoms. The molecule has 1 amide bonds. The predicted molar refractivity (Wildman–Crippen MR) is 86.2 cm³/mol. The normalized spacial score (nSPS) is 10.3. The second-order valence-electron chi connectivity index (χ2n) is 4.48. The van der Waals surface area contributed by atoms with Gasteiger partial charge in [-0.05, 0) is 54.4 Å². The van der Waals surface area contributed by atoms with Crippen LogP contribution in [0.15, 0.2) is 40.9 Å². The third kappa shape index (κ3) is 3.52. The zero-order valence-electron chi connectivity index (χ0n) is 10.9. The second kappa shape index (κ2) is 6.29. The Morgan fingerprint density at radius 1 is 1.30 bits per heavy atom. The second-order valence-corrected chi connectivity index (χ2v) is 5.77. The van der Waals surface area contributed by atoms with Gasteiger partial charge in [0.2, 0.25) is 5.91 Å². The van der Waals surface area contributed by atoms with Crippen LogP contribution in [0.5, 0.6) is 0 Å². The number of hydrogen-bond acceptors (Lipinski definition) is 2. The fourth-order valence-electron chi connectivity index (χ4n) is 1.88. The minimum atomic E-state index is -0.419. The van der Waals surface area contributed by atoms with Crippen molar-refractivity contribution in [2.24, 2.45) is 5.73 Å². The molecule has 2 rings (SSSR count). The van der Waals surface area contributed by atoms with Gasteiger partial charge >= 0.3 is 0 Å². The molecule has 0 aliphatic rings. The van der Waals surface area contributed by atoms with Crippen LogP contribution in [-0.4, -0.2) is 5.91 Å². The summed E-state index contributed by atoms with van der Waals surface area (Å²) >= 11 is 9.48. The highest BCUT2D eigenvalue weighted by Gasteiger charge is 2.05. The summed E-state index contributed by atoms with van der Waals surface area (Å²) < 4.78 is 1.00. The maximum Gasteiger partial charge on any atom is 0.248 e. The molecule has 0 atom stereocenters. The molecule has 0 aliphatic carbocycles. The van der Waals surface area contributed by atoms with E-state index in [1.165, 1.54) is 0 Å². The molecule has 3 nitrogen and oxygen atoms in total. The Hall–Kier alpha value is -1.52. The fourth-order valence-corrected chi connectivity index (χ4v) is 2.47. The highest BCUT2D eigenvalue weighted by Crippen LogP contribution is 2.23. The molecule has 0 saturated carbocycles. The number of hydrogen-bond donors (Lipinski definition) is 2. The van der Waals surface area contributed by atoms with E-state index in [9.17, 15) is 4.79 Å². The van der Waals surface area contributed by atoms with E-state index in [1.54, 1.807) is 12.1 Å². The largest absolute Gasteiger partial charge is 0.381 e. The van der Waals surface area contributed by atoms with E-state index in [4.69, 9.17) is 17.3 Å². The van der Waals surface area contributed by atoms with E-state index in [0.717, 1.165) is 21.3 Å². The third-order valence-electron chi connectivity index (χ3n) is 2.99. The summed E-state index contributed by atoms with van der Waals surface area (Å²) in [6, 6.07) is 11.0. The number of amides is 1. The Morgan fingerprint density at radius 3 is 2.70 bits per heavy atom. The highest BCUT2D eigenvalue weighted by molar-refractivity contribution is 9.10. The first-order chi connectivity index (χ1) is 9.47. The molecule has 0 aromatic heterocycles. The molecule has 0 fully saturated rings.